The molecule has 21 heavy (non-hydrogen) atoms. The van der Waals surface area contributed by atoms with Crippen LogP contribution in [0.1, 0.15) is 59.3 Å². The maximum Gasteiger partial charge on any atom is 0.146 e. The highest BCUT2D eigenvalue weighted by Gasteiger charge is 2.44. The summed E-state index contributed by atoms with van der Waals surface area (Å²) in [6.07, 6.45) is 7.90. The monoisotopic (exact) mass is 294 g/mol. The summed E-state index contributed by atoms with van der Waals surface area (Å²) in [5, 5.41) is 3.51. The average Bonchev–Trinajstić information content (AvgIpc) is 3.22. The van der Waals surface area contributed by atoms with Crippen molar-refractivity contribution in [2.45, 2.75) is 71.4 Å². The van der Waals surface area contributed by atoms with E-state index in [0.29, 0.717) is 11.7 Å². The molecule has 0 aromatic carbocycles. The van der Waals surface area contributed by atoms with Crippen molar-refractivity contribution in [1.29, 1.82) is 0 Å². The molecule has 1 heterocycles. The number of hydrogen-bond acceptors (Lipinski definition) is 3. The van der Waals surface area contributed by atoms with Gasteiger partial charge in [-0.3, -0.25) is 4.79 Å². The number of rotatable bonds is 8. The first kappa shape index (κ1) is 17.0. The highest BCUT2D eigenvalue weighted by atomic mass is 16.1. The minimum atomic E-state index is 0.0598. The molecule has 1 N–H and O–H groups in total. The van der Waals surface area contributed by atoms with E-state index >= 15 is 0 Å². The molecule has 3 heteroatoms. The molecule has 0 aromatic rings. The van der Waals surface area contributed by atoms with Crippen LogP contribution in [0.15, 0.2) is 0 Å². The lowest BCUT2D eigenvalue weighted by Gasteiger charge is -2.33. The van der Waals surface area contributed by atoms with Gasteiger partial charge in [-0.2, -0.15) is 0 Å². The van der Waals surface area contributed by atoms with Crippen molar-refractivity contribution in [2.75, 3.05) is 20.1 Å². The number of ketones is 1. The van der Waals surface area contributed by atoms with E-state index in [2.05, 4.69) is 31.1 Å². The standard InChI is InChI=1S/C18H34N2O/c1-5-13(2)18(14(3)21)19-10-9-15-12-16(15)17-8-6-7-11-20(17)4/h13,15-19H,5-12H2,1-4H3. The zero-order chi connectivity index (χ0) is 15.4. The van der Waals surface area contributed by atoms with Gasteiger partial charge in [-0.15, -0.1) is 0 Å². The van der Waals surface area contributed by atoms with Crippen molar-refractivity contribution in [2.24, 2.45) is 17.8 Å². The molecule has 0 spiro atoms. The predicted molar refractivity (Wildman–Crippen MR) is 88.4 cm³/mol. The molecule has 2 fully saturated rings. The summed E-state index contributed by atoms with van der Waals surface area (Å²) >= 11 is 0. The first-order chi connectivity index (χ1) is 10.0. The van der Waals surface area contributed by atoms with Crippen LogP contribution in [0, 0.1) is 17.8 Å². The van der Waals surface area contributed by atoms with Crippen LogP contribution in [0.25, 0.3) is 0 Å². The Labute approximate surface area is 130 Å². The Bertz CT molecular complexity index is 344. The molecule has 5 unspecified atom stereocenters. The third-order valence-electron chi connectivity index (χ3n) is 5.83. The van der Waals surface area contributed by atoms with Crippen LogP contribution in [-0.4, -0.2) is 42.9 Å². The summed E-state index contributed by atoms with van der Waals surface area (Å²) in [4.78, 5) is 14.3. The molecule has 0 aromatic heterocycles. The second kappa shape index (κ2) is 7.73. The van der Waals surface area contributed by atoms with Crippen molar-refractivity contribution >= 4 is 5.78 Å². The van der Waals surface area contributed by atoms with Crippen LogP contribution in [-0.2, 0) is 4.79 Å². The lowest BCUT2D eigenvalue weighted by Crippen LogP contribution is -2.41. The van der Waals surface area contributed by atoms with E-state index in [4.69, 9.17) is 0 Å². The molecule has 0 amide bonds. The van der Waals surface area contributed by atoms with E-state index in [0.717, 1.165) is 30.8 Å². The third kappa shape index (κ3) is 4.53. The van der Waals surface area contributed by atoms with E-state index in [1.54, 1.807) is 6.92 Å². The minimum Gasteiger partial charge on any atom is -0.307 e. The molecule has 5 atom stereocenters. The second-order valence-corrected chi connectivity index (χ2v) is 7.42. The van der Waals surface area contributed by atoms with E-state index in [1.807, 2.05) is 0 Å². The Balaban J connectivity index is 1.69. The summed E-state index contributed by atoms with van der Waals surface area (Å²) in [7, 11) is 2.30. The van der Waals surface area contributed by atoms with E-state index in [9.17, 15) is 4.79 Å². The summed E-state index contributed by atoms with van der Waals surface area (Å²) in [6.45, 7) is 8.35. The van der Waals surface area contributed by atoms with Gasteiger partial charge in [0.1, 0.15) is 5.78 Å². The van der Waals surface area contributed by atoms with Crippen molar-refractivity contribution < 1.29 is 4.79 Å². The van der Waals surface area contributed by atoms with E-state index in [-0.39, 0.29) is 6.04 Å². The lowest BCUT2D eigenvalue weighted by atomic mass is 9.95. The van der Waals surface area contributed by atoms with Gasteiger partial charge in [-0.25, -0.2) is 0 Å². The van der Waals surface area contributed by atoms with Crippen molar-refractivity contribution in [1.82, 2.24) is 10.2 Å². The topological polar surface area (TPSA) is 32.3 Å². The summed E-state index contributed by atoms with van der Waals surface area (Å²) < 4.78 is 0. The van der Waals surface area contributed by atoms with Crippen LogP contribution in [0.5, 0.6) is 0 Å². The normalized spacial score (nSPS) is 32.7. The number of carbonyl (C=O) groups excluding carboxylic acids is 1. The third-order valence-corrected chi connectivity index (χ3v) is 5.83. The zero-order valence-electron chi connectivity index (χ0n) is 14.4. The lowest BCUT2D eigenvalue weighted by molar-refractivity contribution is -0.120. The Kier molecular flexibility index (Phi) is 6.24. The maximum atomic E-state index is 11.7. The zero-order valence-corrected chi connectivity index (χ0v) is 14.4. The number of nitrogens with zero attached hydrogens (tertiary/aromatic N) is 1. The van der Waals surface area contributed by atoms with Gasteiger partial charge in [0, 0.05) is 6.04 Å². The molecule has 3 nitrogen and oxygen atoms in total. The van der Waals surface area contributed by atoms with Crippen LogP contribution in [0.2, 0.25) is 0 Å². The molecule has 1 saturated carbocycles. The fourth-order valence-electron chi connectivity index (χ4n) is 4.12. The fourth-order valence-corrected chi connectivity index (χ4v) is 4.12. The Morgan fingerprint density at radius 3 is 2.76 bits per heavy atom. The number of Topliss-reactive ketones (excluding diaryl/α,β-unsaturated/α-hetero) is 1. The van der Waals surface area contributed by atoms with Gasteiger partial charge < -0.3 is 10.2 Å². The quantitative estimate of drug-likeness (QED) is 0.746. The Morgan fingerprint density at radius 1 is 1.38 bits per heavy atom. The SMILES string of the molecule is CCC(C)C(NCCC1CC1C1CCCCN1C)C(C)=O. The molecular formula is C18H34N2O. The first-order valence-corrected chi connectivity index (χ1v) is 8.98. The smallest absolute Gasteiger partial charge is 0.146 e. The number of piperidine rings is 1. The number of carbonyl (C=O) groups is 1. The van der Waals surface area contributed by atoms with Crippen molar-refractivity contribution in [3.8, 4) is 0 Å². The number of nitrogens with one attached hydrogen (secondary N) is 1. The molecule has 122 valence electrons. The molecular weight excluding hydrogens is 260 g/mol. The van der Waals surface area contributed by atoms with E-state index in [1.165, 1.54) is 38.6 Å². The number of hydrogen-bond donors (Lipinski definition) is 1. The molecule has 2 aliphatic rings. The van der Waals surface area contributed by atoms with Crippen molar-refractivity contribution in [3.63, 3.8) is 0 Å². The van der Waals surface area contributed by atoms with Gasteiger partial charge in [-0.05, 0) is 70.5 Å². The summed E-state index contributed by atoms with van der Waals surface area (Å²) in [5.41, 5.74) is 0. The van der Waals surface area contributed by atoms with Crippen LogP contribution in [0.3, 0.4) is 0 Å². The van der Waals surface area contributed by atoms with Gasteiger partial charge in [0.2, 0.25) is 0 Å². The van der Waals surface area contributed by atoms with Crippen LogP contribution < -0.4 is 5.32 Å². The molecule has 0 radical (unpaired) electrons. The molecule has 0 bridgehead atoms. The predicted octanol–water partition coefficient (Wildman–Crippen LogP) is 3.09. The fraction of sp³-hybridized carbons (Fsp3) is 0.944. The molecule has 1 saturated heterocycles. The van der Waals surface area contributed by atoms with Gasteiger partial charge in [0.15, 0.2) is 0 Å². The van der Waals surface area contributed by atoms with Gasteiger partial charge in [0.05, 0.1) is 6.04 Å². The van der Waals surface area contributed by atoms with Gasteiger partial charge >= 0.3 is 0 Å². The van der Waals surface area contributed by atoms with Gasteiger partial charge in [0.25, 0.3) is 0 Å². The van der Waals surface area contributed by atoms with E-state index < -0.39 is 0 Å². The highest BCUT2D eigenvalue weighted by molar-refractivity contribution is 5.81. The average molecular weight is 294 g/mol. The largest absolute Gasteiger partial charge is 0.307 e. The Hall–Kier alpha value is -0.410. The first-order valence-electron chi connectivity index (χ1n) is 8.98. The number of likely N-dealkylation sites (tertiary alicyclic amines) is 1. The maximum absolute atomic E-state index is 11.7. The molecule has 2 rings (SSSR count). The van der Waals surface area contributed by atoms with Crippen LogP contribution >= 0.6 is 0 Å². The molecule has 1 aliphatic carbocycles. The van der Waals surface area contributed by atoms with Gasteiger partial charge in [-0.1, -0.05) is 26.7 Å². The van der Waals surface area contributed by atoms with Crippen LogP contribution in [0.4, 0.5) is 0 Å². The Morgan fingerprint density at radius 2 is 2.14 bits per heavy atom. The minimum absolute atomic E-state index is 0.0598. The summed E-state index contributed by atoms with van der Waals surface area (Å²) in [6, 6.07) is 0.895. The van der Waals surface area contributed by atoms with Crippen molar-refractivity contribution in [3.05, 3.63) is 0 Å². The molecule has 1 aliphatic heterocycles. The summed E-state index contributed by atoms with van der Waals surface area (Å²) in [5.74, 6) is 2.56. The highest BCUT2D eigenvalue weighted by Crippen LogP contribution is 2.47. The second-order valence-electron chi connectivity index (χ2n) is 7.42.